The Kier molecular flexibility index (Phi) is 5.38. The molecule has 0 saturated carbocycles. The number of ether oxygens (including phenoxy) is 1. The summed E-state index contributed by atoms with van der Waals surface area (Å²) in [6, 6.07) is 19.8. The van der Waals surface area contributed by atoms with E-state index < -0.39 is 0 Å². The molecule has 4 rings (SSSR count). The Hall–Kier alpha value is -3.54. The molecule has 2 aromatic carbocycles. The monoisotopic (exact) mass is 374 g/mol. The van der Waals surface area contributed by atoms with Crippen LogP contribution in [0.4, 0.5) is 11.8 Å². The van der Waals surface area contributed by atoms with Crippen molar-refractivity contribution in [3.63, 3.8) is 0 Å². The topological polar surface area (TPSA) is 72.2 Å². The third-order valence-corrected chi connectivity index (χ3v) is 4.48. The van der Waals surface area contributed by atoms with Crippen LogP contribution in [0, 0.1) is 0 Å². The van der Waals surface area contributed by atoms with Crippen LogP contribution in [-0.4, -0.2) is 23.6 Å². The van der Waals surface area contributed by atoms with Gasteiger partial charge in [0, 0.05) is 11.9 Å². The molecule has 0 aliphatic rings. The number of benzene rings is 2. The molecule has 2 heterocycles. The molecule has 0 unspecified atom stereocenters. The van der Waals surface area contributed by atoms with Gasteiger partial charge in [-0.1, -0.05) is 30.3 Å². The highest BCUT2D eigenvalue weighted by atomic mass is 16.5. The standard InChI is InChI=1S/C22H22N4O2/c1-27-20-11-5-2-7-16(20)12-13-23-22-25-19-10-4-3-9-18(19)21(26-22)24-15-17-8-6-14-28-17/h2-11,14H,12-13,15H2,1H3,(H2,23,24,25,26). The van der Waals surface area contributed by atoms with E-state index in [-0.39, 0.29) is 0 Å². The number of para-hydroxylation sites is 2. The van der Waals surface area contributed by atoms with Crippen molar-refractivity contribution in [1.29, 1.82) is 0 Å². The largest absolute Gasteiger partial charge is 0.496 e. The van der Waals surface area contributed by atoms with E-state index in [0.29, 0.717) is 19.0 Å². The highest BCUT2D eigenvalue weighted by molar-refractivity contribution is 5.89. The number of hydrogen-bond acceptors (Lipinski definition) is 6. The average Bonchev–Trinajstić information content (AvgIpc) is 3.26. The van der Waals surface area contributed by atoms with Crippen molar-refractivity contribution in [3.05, 3.63) is 78.3 Å². The number of hydrogen-bond donors (Lipinski definition) is 2. The minimum absolute atomic E-state index is 0.564. The number of nitrogens with one attached hydrogen (secondary N) is 2. The highest BCUT2D eigenvalue weighted by Crippen LogP contribution is 2.23. The van der Waals surface area contributed by atoms with Crippen molar-refractivity contribution in [2.24, 2.45) is 0 Å². The summed E-state index contributed by atoms with van der Waals surface area (Å²) >= 11 is 0. The van der Waals surface area contributed by atoms with Crippen LogP contribution in [0.2, 0.25) is 0 Å². The second-order valence-electron chi connectivity index (χ2n) is 6.33. The Morgan fingerprint density at radius 3 is 2.64 bits per heavy atom. The summed E-state index contributed by atoms with van der Waals surface area (Å²) in [6.07, 6.45) is 2.48. The van der Waals surface area contributed by atoms with Crippen LogP contribution in [0.1, 0.15) is 11.3 Å². The quantitative estimate of drug-likeness (QED) is 0.473. The lowest BCUT2D eigenvalue weighted by Crippen LogP contribution is -2.10. The number of rotatable bonds is 8. The summed E-state index contributed by atoms with van der Waals surface area (Å²) in [4.78, 5) is 9.31. The van der Waals surface area contributed by atoms with Crippen molar-refractivity contribution in [1.82, 2.24) is 9.97 Å². The fourth-order valence-electron chi connectivity index (χ4n) is 3.09. The molecule has 0 saturated heterocycles. The molecule has 6 nitrogen and oxygen atoms in total. The molecule has 4 aromatic rings. The Balaban J connectivity index is 1.50. The van der Waals surface area contributed by atoms with Crippen LogP contribution >= 0.6 is 0 Å². The van der Waals surface area contributed by atoms with Crippen LogP contribution in [0.15, 0.2) is 71.3 Å². The van der Waals surface area contributed by atoms with Gasteiger partial charge in [0.1, 0.15) is 17.3 Å². The molecule has 0 atom stereocenters. The van der Waals surface area contributed by atoms with Crippen LogP contribution in [0.3, 0.4) is 0 Å². The SMILES string of the molecule is COc1ccccc1CCNc1nc(NCc2ccco2)c2ccccc2n1. The molecule has 2 N–H and O–H groups in total. The van der Waals surface area contributed by atoms with Gasteiger partial charge in [-0.05, 0) is 42.3 Å². The first kappa shape index (κ1) is 17.9. The van der Waals surface area contributed by atoms with Gasteiger partial charge in [0.2, 0.25) is 5.95 Å². The summed E-state index contributed by atoms with van der Waals surface area (Å²) in [6.45, 7) is 1.27. The minimum Gasteiger partial charge on any atom is -0.496 e. The van der Waals surface area contributed by atoms with Gasteiger partial charge in [0.05, 0.1) is 25.4 Å². The van der Waals surface area contributed by atoms with Gasteiger partial charge >= 0.3 is 0 Å². The molecule has 28 heavy (non-hydrogen) atoms. The van der Waals surface area contributed by atoms with Gasteiger partial charge in [0.25, 0.3) is 0 Å². The highest BCUT2D eigenvalue weighted by Gasteiger charge is 2.08. The molecule has 0 fully saturated rings. The molecule has 0 aliphatic carbocycles. The maximum absolute atomic E-state index is 5.41. The fraction of sp³-hybridized carbons (Fsp3) is 0.182. The number of methoxy groups -OCH3 is 1. The lowest BCUT2D eigenvalue weighted by atomic mass is 10.1. The first-order chi connectivity index (χ1) is 13.8. The molecule has 0 aliphatic heterocycles. The van der Waals surface area contributed by atoms with Crippen LogP contribution in [-0.2, 0) is 13.0 Å². The molecule has 2 aromatic heterocycles. The van der Waals surface area contributed by atoms with Gasteiger partial charge < -0.3 is 19.8 Å². The van der Waals surface area contributed by atoms with Crippen molar-refractivity contribution >= 4 is 22.7 Å². The van der Waals surface area contributed by atoms with Crippen LogP contribution in [0.5, 0.6) is 5.75 Å². The Morgan fingerprint density at radius 1 is 0.929 bits per heavy atom. The Bertz CT molecular complexity index is 1050. The average molecular weight is 374 g/mol. The third kappa shape index (κ3) is 4.06. The molecule has 0 bridgehead atoms. The maximum atomic E-state index is 5.41. The Morgan fingerprint density at radius 2 is 1.79 bits per heavy atom. The van der Waals surface area contributed by atoms with Gasteiger partial charge in [0.15, 0.2) is 0 Å². The van der Waals surface area contributed by atoms with Gasteiger partial charge in [-0.2, -0.15) is 4.98 Å². The van der Waals surface area contributed by atoms with E-state index in [1.54, 1.807) is 13.4 Å². The molecule has 0 amide bonds. The number of furan rings is 1. The summed E-state index contributed by atoms with van der Waals surface area (Å²) in [5.41, 5.74) is 2.04. The summed E-state index contributed by atoms with van der Waals surface area (Å²) in [5.74, 6) is 3.12. The molecule has 0 radical (unpaired) electrons. The van der Waals surface area contributed by atoms with E-state index in [0.717, 1.165) is 40.2 Å². The lowest BCUT2D eigenvalue weighted by Gasteiger charge is -2.12. The second kappa shape index (κ2) is 8.43. The van der Waals surface area contributed by atoms with Gasteiger partial charge in [-0.25, -0.2) is 4.98 Å². The normalized spacial score (nSPS) is 10.8. The van der Waals surface area contributed by atoms with Crippen LogP contribution in [0.25, 0.3) is 10.9 Å². The van der Waals surface area contributed by atoms with Crippen molar-refractivity contribution in [3.8, 4) is 5.75 Å². The van der Waals surface area contributed by atoms with Crippen molar-refractivity contribution in [2.45, 2.75) is 13.0 Å². The van der Waals surface area contributed by atoms with E-state index in [1.165, 1.54) is 0 Å². The Labute approximate surface area is 163 Å². The number of nitrogens with zero attached hydrogens (tertiary/aromatic N) is 2. The van der Waals surface area contributed by atoms with E-state index in [1.807, 2.05) is 54.6 Å². The fourth-order valence-corrected chi connectivity index (χ4v) is 3.09. The predicted molar refractivity (Wildman–Crippen MR) is 111 cm³/mol. The van der Waals surface area contributed by atoms with E-state index >= 15 is 0 Å². The third-order valence-electron chi connectivity index (χ3n) is 4.48. The predicted octanol–water partition coefficient (Wildman–Crippen LogP) is 4.50. The molecular formula is C22H22N4O2. The van der Waals surface area contributed by atoms with E-state index in [2.05, 4.69) is 26.7 Å². The first-order valence-corrected chi connectivity index (χ1v) is 9.22. The van der Waals surface area contributed by atoms with E-state index in [9.17, 15) is 0 Å². The number of fused-ring (bicyclic) bond motifs is 1. The van der Waals surface area contributed by atoms with Crippen molar-refractivity contribution in [2.75, 3.05) is 24.3 Å². The number of anilines is 2. The molecule has 6 heteroatoms. The van der Waals surface area contributed by atoms with Gasteiger partial charge in [-0.3, -0.25) is 0 Å². The van der Waals surface area contributed by atoms with Crippen molar-refractivity contribution < 1.29 is 9.15 Å². The molecule has 142 valence electrons. The zero-order chi connectivity index (χ0) is 19.2. The summed E-state index contributed by atoms with van der Waals surface area (Å²) in [7, 11) is 1.69. The summed E-state index contributed by atoms with van der Waals surface area (Å²) in [5, 5.41) is 7.66. The van der Waals surface area contributed by atoms with Crippen LogP contribution < -0.4 is 15.4 Å². The molecule has 0 spiro atoms. The van der Waals surface area contributed by atoms with E-state index in [4.69, 9.17) is 9.15 Å². The number of aromatic nitrogens is 2. The second-order valence-corrected chi connectivity index (χ2v) is 6.33. The smallest absolute Gasteiger partial charge is 0.225 e. The summed E-state index contributed by atoms with van der Waals surface area (Å²) < 4.78 is 10.8. The minimum atomic E-state index is 0.564. The van der Waals surface area contributed by atoms with Gasteiger partial charge in [-0.15, -0.1) is 0 Å². The lowest BCUT2D eigenvalue weighted by molar-refractivity contribution is 0.410. The maximum Gasteiger partial charge on any atom is 0.225 e. The zero-order valence-electron chi connectivity index (χ0n) is 15.7. The zero-order valence-corrected chi connectivity index (χ0v) is 15.7. The molecular weight excluding hydrogens is 352 g/mol. The first-order valence-electron chi connectivity index (χ1n) is 9.22.